The Labute approximate surface area is 177 Å². The summed E-state index contributed by atoms with van der Waals surface area (Å²) in [4.78, 5) is 13.3. The molecule has 1 saturated carbocycles. The molecule has 2 aromatic rings. The minimum Gasteiger partial charge on any atom is -0.457 e. The van der Waals surface area contributed by atoms with Crippen LogP contribution in [-0.2, 0) is 11.2 Å². The largest absolute Gasteiger partial charge is 0.457 e. The van der Waals surface area contributed by atoms with Gasteiger partial charge in [-0.05, 0) is 44.2 Å². The summed E-state index contributed by atoms with van der Waals surface area (Å²) in [5.41, 5.74) is 5.48. The summed E-state index contributed by atoms with van der Waals surface area (Å²) in [5, 5.41) is 0. The number of aryl methyl sites for hydroxylation is 2. The van der Waals surface area contributed by atoms with Crippen LogP contribution in [-0.4, -0.2) is 11.8 Å². The van der Waals surface area contributed by atoms with E-state index in [2.05, 4.69) is 32.6 Å². The minimum atomic E-state index is -0.835. The molecule has 0 atom stereocenters. The van der Waals surface area contributed by atoms with Crippen molar-refractivity contribution in [1.29, 1.82) is 0 Å². The van der Waals surface area contributed by atoms with Crippen molar-refractivity contribution in [2.45, 2.75) is 71.0 Å². The predicted molar refractivity (Wildman–Crippen MR) is 117 cm³/mol. The predicted octanol–water partition coefficient (Wildman–Crippen LogP) is 6.58. The highest BCUT2D eigenvalue weighted by Gasteiger charge is 2.47. The smallest absolute Gasteiger partial charge is 0.345 e. The van der Waals surface area contributed by atoms with Crippen molar-refractivity contribution in [2.24, 2.45) is 0 Å². The lowest BCUT2D eigenvalue weighted by Crippen LogP contribution is -2.43. The van der Waals surface area contributed by atoms with Crippen molar-refractivity contribution in [2.75, 3.05) is 0 Å². The summed E-state index contributed by atoms with van der Waals surface area (Å²) in [6, 6.07) is 8.21. The highest BCUT2D eigenvalue weighted by atomic mass is 16.7. The van der Waals surface area contributed by atoms with Crippen molar-refractivity contribution >= 4 is 11.7 Å². The third-order valence-electron chi connectivity index (χ3n) is 6.49. The number of benzene rings is 2. The zero-order valence-electron chi connectivity index (χ0n) is 17.8. The standard InChI is InChI=1S/C26H28O4/c1-4-5-6-9-18-15-21-23(20-14-16(2)10-11-19(20)17(3)28-21)24-22(18)25(27)30-26(29-24)12-7-8-13-26/h10-11,14-15H,3-9,12-13H2,1-2H3. The van der Waals surface area contributed by atoms with Crippen LogP contribution in [0.1, 0.15) is 78.9 Å². The fraction of sp³-hybridized carbons (Fsp3) is 0.423. The molecular weight excluding hydrogens is 376 g/mol. The van der Waals surface area contributed by atoms with E-state index in [-0.39, 0.29) is 5.97 Å². The molecule has 0 bridgehead atoms. The van der Waals surface area contributed by atoms with Crippen LogP contribution in [0.4, 0.5) is 0 Å². The lowest BCUT2D eigenvalue weighted by atomic mass is 9.88. The van der Waals surface area contributed by atoms with Gasteiger partial charge in [-0.2, -0.15) is 0 Å². The number of rotatable bonds is 4. The van der Waals surface area contributed by atoms with Gasteiger partial charge >= 0.3 is 5.97 Å². The van der Waals surface area contributed by atoms with Crippen molar-refractivity contribution in [1.82, 2.24) is 0 Å². The Hall–Kier alpha value is -2.75. The molecule has 2 aliphatic heterocycles. The molecule has 0 saturated heterocycles. The first-order valence-corrected chi connectivity index (χ1v) is 11.1. The molecule has 2 heterocycles. The lowest BCUT2D eigenvalue weighted by molar-refractivity contribution is -0.148. The third kappa shape index (κ3) is 3.01. The van der Waals surface area contributed by atoms with E-state index >= 15 is 0 Å². The normalized spacial score (nSPS) is 18.2. The molecule has 2 aromatic carbocycles. The Balaban J connectivity index is 1.73. The van der Waals surface area contributed by atoms with Crippen molar-refractivity contribution in [3.8, 4) is 22.6 Å². The average molecular weight is 405 g/mol. The Bertz CT molecular complexity index is 1040. The first-order chi connectivity index (χ1) is 14.5. The maximum Gasteiger partial charge on any atom is 0.345 e. The van der Waals surface area contributed by atoms with Gasteiger partial charge in [0.25, 0.3) is 5.79 Å². The molecular formula is C26H28O4. The maximum atomic E-state index is 13.3. The molecule has 3 aliphatic rings. The zero-order chi connectivity index (χ0) is 20.9. The van der Waals surface area contributed by atoms with Crippen LogP contribution in [0, 0.1) is 6.92 Å². The fourth-order valence-corrected chi connectivity index (χ4v) is 4.95. The molecule has 0 amide bonds. The zero-order valence-corrected chi connectivity index (χ0v) is 17.8. The van der Waals surface area contributed by atoms with Crippen molar-refractivity contribution < 1.29 is 19.0 Å². The van der Waals surface area contributed by atoms with E-state index in [4.69, 9.17) is 14.2 Å². The van der Waals surface area contributed by atoms with Gasteiger partial charge in [0.2, 0.25) is 0 Å². The second-order valence-corrected chi connectivity index (χ2v) is 8.75. The Kier molecular flexibility index (Phi) is 4.61. The summed E-state index contributed by atoms with van der Waals surface area (Å²) in [6.45, 7) is 8.38. The maximum absolute atomic E-state index is 13.3. The molecule has 156 valence electrons. The summed E-state index contributed by atoms with van der Waals surface area (Å²) in [5.74, 6) is 0.901. The van der Waals surface area contributed by atoms with Crippen LogP contribution in [0.5, 0.6) is 11.5 Å². The van der Waals surface area contributed by atoms with E-state index in [1.807, 2.05) is 12.1 Å². The van der Waals surface area contributed by atoms with E-state index in [0.29, 0.717) is 17.1 Å². The van der Waals surface area contributed by atoms with Gasteiger partial charge in [0.05, 0.1) is 5.56 Å². The first-order valence-electron chi connectivity index (χ1n) is 11.1. The number of hydrogen-bond acceptors (Lipinski definition) is 4. The van der Waals surface area contributed by atoms with Crippen molar-refractivity contribution in [3.05, 3.63) is 53.1 Å². The van der Waals surface area contributed by atoms with Crippen molar-refractivity contribution in [3.63, 3.8) is 0 Å². The molecule has 1 fully saturated rings. The van der Waals surface area contributed by atoms with Crippen LogP contribution in [0.25, 0.3) is 16.9 Å². The number of carbonyl (C=O) groups is 1. The summed E-state index contributed by atoms with van der Waals surface area (Å²) < 4.78 is 18.7. The molecule has 5 rings (SSSR count). The Morgan fingerprint density at radius 1 is 1.03 bits per heavy atom. The second kappa shape index (κ2) is 7.19. The minimum absolute atomic E-state index is 0.258. The van der Waals surface area contributed by atoms with Gasteiger partial charge in [-0.3, -0.25) is 0 Å². The number of esters is 1. The van der Waals surface area contributed by atoms with Gasteiger partial charge in [0.1, 0.15) is 17.1 Å². The highest BCUT2D eigenvalue weighted by Crippen LogP contribution is 2.53. The summed E-state index contributed by atoms with van der Waals surface area (Å²) in [7, 11) is 0. The topological polar surface area (TPSA) is 44.8 Å². The van der Waals surface area contributed by atoms with Crippen LogP contribution < -0.4 is 9.47 Å². The molecule has 0 radical (unpaired) electrons. The van der Waals surface area contributed by atoms with Gasteiger partial charge < -0.3 is 14.2 Å². The molecule has 0 unspecified atom stereocenters. The molecule has 4 nitrogen and oxygen atoms in total. The monoisotopic (exact) mass is 404 g/mol. The van der Waals surface area contributed by atoms with Gasteiger partial charge in [0, 0.05) is 24.0 Å². The molecule has 0 aromatic heterocycles. The number of ether oxygens (including phenoxy) is 3. The van der Waals surface area contributed by atoms with Crippen LogP contribution in [0.2, 0.25) is 0 Å². The number of hydrogen-bond donors (Lipinski definition) is 0. The lowest BCUT2D eigenvalue weighted by Gasteiger charge is -2.38. The second-order valence-electron chi connectivity index (χ2n) is 8.75. The molecule has 30 heavy (non-hydrogen) atoms. The first kappa shape index (κ1) is 19.2. The highest BCUT2D eigenvalue weighted by molar-refractivity contribution is 6.02. The molecule has 1 spiro atoms. The van der Waals surface area contributed by atoms with Crippen LogP contribution in [0.15, 0.2) is 30.8 Å². The quantitative estimate of drug-likeness (QED) is 0.427. The van der Waals surface area contributed by atoms with Gasteiger partial charge in [0.15, 0.2) is 5.75 Å². The molecule has 0 N–H and O–H groups in total. The van der Waals surface area contributed by atoms with E-state index in [0.717, 1.165) is 84.9 Å². The SMILES string of the molecule is C=C1Oc2cc(CCCCC)c3c(c2-c2cc(C)ccc21)OC1(CCCC1)OC3=O. The fourth-order valence-electron chi connectivity index (χ4n) is 4.95. The third-order valence-corrected chi connectivity index (χ3v) is 6.49. The van der Waals surface area contributed by atoms with E-state index in [1.165, 1.54) is 0 Å². The number of fused-ring (bicyclic) bond motifs is 5. The van der Waals surface area contributed by atoms with Gasteiger partial charge in [-0.15, -0.1) is 0 Å². The molecule has 4 heteroatoms. The van der Waals surface area contributed by atoms with E-state index in [1.54, 1.807) is 0 Å². The Morgan fingerprint density at radius 2 is 1.83 bits per heavy atom. The summed E-state index contributed by atoms with van der Waals surface area (Å²) in [6.07, 6.45) is 7.52. The van der Waals surface area contributed by atoms with Crippen LogP contribution >= 0.6 is 0 Å². The van der Waals surface area contributed by atoms with E-state index < -0.39 is 5.79 Å². The van der Waals surface area contributed by atoms with Gasteiger partial charge in [-0.25, -0.2) is 4.79 Å². The number of unbranched alkanes of at least 4 members (excludes halogenated alkanes) is 2. The van der Waals surface area contributed by atoms with Gasteiger partial charge in [-0.1, -0.05) is 50.1 Å². The Morgan fingerprint density at radius 3 is 2.60 bits per heavy atom. The number of carbonyl (C=O) groups excluding carboxylic acids is 1. The van der Waals surface area contributed by atoms with Crippen LogP contribution in [0.3, 0.4) is 0 Å². The summed E-state index contributed by atoms with van der Waals surface area (Å²) >= 11 is 0. The van der Waals surface area contributed by atoms with E-state index in [9.17, 15) is 4.79 Å². The average Bonchev–Trinajstić information content (AvgIpc) is 3.14. The molecule has 1 aliphatic carbocycles.